The Bertz CT molecular complexity index is 647. The number of rotatable bonds is 6. The van der Waals surface area contributed by atoms with Crippen LogP contribution in [-0.4, -0.2) is 36.7 Å². The van der Waals surface area contributed by atoms with Crippen LogP contribution in [0.3, 0.4) is 0 Å². The average molecular weight is 315 g/mol. The predicted octanol–water partition coefficient (Wildman–Crippen LogP) is 1.97. The first-order valence-electron chi connectivity index (χ1n) is 8.42. The molecule has 4 N–H and O–H groups in total. The molecule has 2 aromatic rings. The van der Waals surface area contributed by atoms with Crippen LogP contribution in [0, 0.1) is 5.92 Å². The average Bonchev–Trinajstić information content (AvgIpc) is 3.02. The summed E-state index contributed by atoms with van der Waals surface area (Å²) in [5.41, 5.74) is 8.53. The molecular formula is C18H25N3O2. The lowest BCUT2D eigenvalue weighted by Crippen LogP contribution is -2.47. The highest BCUT2D eigenvalue weighted by Gasteiger charge is 2.26. The van der Waals surface area contributed by atoms with Crippen molar-refractivity contribution in [2.75, 3.05) is 19.8 Å². The number of aromatic amines is 1. The summed E-state index contributed by atoms with van der Waals surface area (Å²) in [5.74, 6) is 0.216. The van der Waals surface area contributed by atoms with E-state index < -0.39 is 6.04 Å². The van der Waals surface area contributed by atoms with Crippen molar-refractivity contribution in [3.8, 4) is 0 Å². The van der Waals surface area contributed by atoms with Crippen molar-refractivity contribution in [2.24, 2.45) is 11.7 Å². The van der Waals surface area contributed by atoms with Crippen molar-refractivity contribution in [2.45, 2.75) is 31.7 Å². The second kappa shape index (κ2) is 7.62. The van der Waals surface area contributed by atoms with Crippen LogP contribution in [0.5, 0.6) is 0 Å². The molecule has 0 saturated carbocycles. The van der Waals surface area contributed by atoms with Gasteiger partial charge in [-0.25, -0.2) is 0 Å². The van der Waals surface area contributed by atoms with Crippen LogP contribution >= 0.6 is 0 Å². The number of aromatic nitrogens is 1. The number of carbonyl (C=O) groups excluding carboxylic acids is 1. The molecule has 1 aliphatic rings. The van der Waals surface area contributed by atoms with Gasteiger partial charge in [-0.05, 0) is 43.2 Å². The molecule has 1 saturated heterocycles. The Kier molecular flexibility index (Phi) is 5.31. The third-order valence-electron chi connectivity index (χ3n) is 4.67. The maximum Gasteiger partial charge on any atom is 0.237 e. The van der Waals surface area contributed by atoms with Crippen molar-refractivity contribution < 1.29 is 9.53 Å². The van der Waals surface area contributed by atoms with E-state index in [4.69, 9.17) is 10.5 Å². The number of para-hydroxylation sites is 1. The quantitative estimate of drug-likeness (QED) is 0.713. The molecule has 1 aliphatic heterocycles. The van der Waals surface area contributed by atoms with Gasteiger partial charge in [0.1, 0.15) is 0 Å². The van der Waals surface area contributed by atoms with Crippen molar-refractivity contribution in [1.29, 1.82) is 0 Å². The Morgan fingerprint density at radius 3 is 2.96 bits per heavy atom. The molecule has 1 aromatic carbocycles. The minimum atomic E-state index is -0.410. The Labute approximate surface area is 136 Å². The highest BCUT2D eigenvalue weighted by atomic mass is 16.5. The zero-order valence-electron chi connectivity index (χ0n) is 13.4. The molecule has 0 radical (unpaired) electrons. The first-order chi connectivity index (χ1) is 11.3. The van der Waals surface area contributed by atoms with E-state index in [1.807, 2.05) is 12.1 Å². The fraction of sp³-hybridized carbons (Fsp3) is 0.500. The van der Waals surface area contributed by atoms with Crippen molar-refractivity contribution >= 4 is 16.8 Å². The molecule has 0 bridgehead atoms. The zero-order chi connectivity index (χ0) is 16.1. The monoisotopic (exact) mass is 315 g/mol. The summed E-state index contributed by atoms with van der Waals surface area (Å²) in [6.45, 7) is 2.09. The topological polar surface area (TPSA) is 80.1 Å². The predicted molar refractivity (Wildman–Crippen MR) is 91.1 cm³/mol. The number of ether oxygens (including phenoxy) is 1. The Hall–Kier alpha value is -1.85. The van der Waals surface area contributed by atoms with Gasteiger partial charge in [-0.2, -0.15) is 0 Å². The highest BCUT2D eigenvalue weighted by molar-refractivity contribution is 5.83. The fourth-order valence-corrected chi connectivity index (χ4v) is 3.24. The van der Waals surface area contributed by atoms with E-state index in [1.165, 1.54) is 10.9 Å². The number of nitrogens with two attached hydrogens (primary N) is 1. The number of fused-ring (bicyclic) bond motifs is 1. The fourth-order valence-electron chi connectivity index (χ4n) is 3.24. The molecular weight excluding hydrogens is 290 g/mol. The largest absolute Gasteiger partial charge is 0.381 e. The van der Waals surface area contributed by atoms with Crippen LogP contribution in [0.15, 0.2) is 30.5 Å². The van der Waals surface area contributed by atoms with Crippen LogP contribution in [0.2, 0.25) is 0 Å². The van der Waals surface area contributed by atoms with Gasteiger partial charge in [0.25, 0.3) is 0 Å². The SMILES string of the molecule is NC(C(=O)NCCCc1c[nH]c2ccccc12)C1CCOCC1. The molecule has 1 fully saturated rings. The van der Waals surface area contributed by atoms with Gasteiger partial charge >= 0.3 is 0 Å². The highest BCUT2D eigenvalue weighted by Crippen LogP contribution is 2.19. The molecule has 0 spiro atoms. The van der Waals surface area contributed by atoms with E-state index in [2.05, 4.69) is 28.6 Å². The standard InChI is InChI=1S/C18H25N3O2/c19-17(13-7-10-23-11-8-13)18(22)20-9-3-4-14-12-21-16-6-2-1-5-15(14)16/h1-2,5-6,12-13,17,21H,3-4,7-11,19H2,(H,20,22). The van der Waals surface area contributed by atoms with Crippen LogP contribution in [0.1, 0.15) is 24.8 Å². The van der Waals surface area contributed by atoms with E-state index in [9.17, 15) is 4.79 Å². The first kappa shape index (κ1) is 16.0. The molecule has 2 heterocycles. The van der Waals surface area contributed by atoms with Crippen LogP contribution in [0.4, 0.5) is 0 Å². The van der Waals surface area contributed by atoms with E-state index in [0.29, 0.717) is 19.8 Å². The van der Waals surface area contributed by atoms with Crippen LogP contribution in [-0.2, 0) is 16.0 Å². The molecule has 5 nitrogen and oxygen atoms in total. The molecule has 23 heavy (non-hydrogen) atoms. The van der Waals surface area contributed by atoms with Crippen molar-refractivity contribution in [1.82, 2.24) is 10.3 Å². The molecule has 3 rings (SSSR count). The van der Waals surface area contributed by atoms with Gasteiger partial charge in [0, 0.05) is 36.9 Å². The van der Waals surface area contributed by atoms with E-state index >= 15 is 0 Å². The van der Waals surface area contributed by atoms with E-state index in [-0.39, 0.29) is 11.8 Å². The lowest BCUT2D eigenvalue weighted by atomic mass is 9.92. The summed E-state index contributed by atoms with van der Waals surface area (Å²) < 4.78 is 5.31. The van der Waals surface area contributed by atoms with Gasteiger partial charge in [-0.1, -0.05) is 18.2 Å². The molecule has 0 aliphatic carbocycles. The molecule has 124 valence electrons. The third kappa shape index (κ3) is 3.92. The summed E-state index contributed by atoms with van der Waals surface area (Å²) >= 11 is 0. The molecule has 5 heteroatoms. The summed E-state index contributed by atoms with van der Waals surface area (Å²) in [6.07, 6.45) is 5.67. The number of H-pyrrole nitrogens is 1. The lowest BCUT2D eigenvalue weighted by molar-refractivity contribution is -0.124. The summed E-state index contributed by atoms with van der Waals surface area (Å²) in [4.78, 5) is 15.4. The number of hydrogen-bond donors (Lipinski definition) is 3. The maximum atomic E-state index is 12.1. The van der Waals surface area contributed by atoms with Gasteiger partial charge in [0.15, 0.2) is 0 Å². The number of hydrogen-bond acceptors (Lipinski definition) is 3. The van der Waals surface area contributed by atoms with Crippen molar-refractivity contribution in [3.63, 3.8) is 0 Å². The van der Waals surface area contributed by atoms with Gasteiger partial charge in [0.2, 0.25) is 5.91 Å². The minimum Gasteiger partial charge on any atom is -0.381 e. The van der Waals surface area contributed by atoms with Gasteiger partial charge in [0.05, 0.1) is 6.04 Å². The summed E-state index contributed by atoms with van der Waals surface area (Å²) in [6, 6.07) is 7.87. The Balaban J connectivity index is 1.43. The lowest BCUT2D eigenvalue weighted by Gasteiger charge is -2.26. The molecule has 1 atom stereocenters. The Morgan fingerprint density at radius 2 is 2.13 bits per heavy atom. The number of benzene rings is 1. The third-order valence-corrected chi connectivity index (χ3v) is 4.67. The van der Waals surface area contributed by atoms with Crippen LogP contribution in [0.25, 0.3) is 10.9 Å². The number of nitrogens with one attached hydrogen (secondary N) is 2. The molecule has 1 amide bonds. The van der Waals surface area contributed by atoms with Crippen molar-refractivity contribution in [3.05, 3.63) is 36.0 Å². The number of amides is 1. The maximum absolute atomic E-state index is 12.1. The normalized spacial score (nSPS) is 17.3. The Morgan fingerprint density at radius 1 is 1.35 bits per heavy atom. The van der Waals surface area contributed by atoms with Gasteiger partial charge < -0.3 is 20.8 Å². The molecule has 1 unspecified atom stereocenters. The second-order valence-electron chi connectivity index (χ2n) is 6.23. The molecule has 1 aromatic heterocycles. The van der Waals surface area contributed by atoms with Gasteiger partial charge in [-0.15, -0.1) is 0 Å². The number of aryl methyl sites for hydroxylation is 1. The van der Waals surface area contributed by atoms with Crippen LogP contribution < -0.4 is 11.1 Å². The first-order valence-corrected chi connectivity index (χ1v) is 8.42. The summed E-state index contributed by atoms with van der Waals surface area (Å²) in [5, 5.41) is 4.24. The number of carbonyl (C=O) groups is 1. The van der Waals surface area contributed by atoms with E-state index in [0.717, 1.165) is 31.2 Å². The second-order valence-corrected chi connectivity index (χ2v) is 6.23. The smallest absolute Gasteiger partial charge is 0.237 e. The summed E-state index contributed by atoms with van der Waals surface area (Å²) in [7, 11) is 0. The van der Waals surface area contributed by atoms with Gasteiger partial charge in [-0.3, -0.25) is 4.79 Å². The van der Waals surface area contributed by atoms with E-state index in [1.54, 1.807) is 0 Å². The zero-order valence-corrected chi connectivity index (χ0v) is 13.4. The minimum absolute atomic E-state index is 0.0316.